The summed E-state index contributed by atoms with van der Waals surface area (Å²) in [5.74, 6) is 0.318. The molecule has 0 N–H and O–H groups in total. The number of ether oxygens (including phenoxy) is 1. The van der Waals surface area contributed by atoms with Gasteiger partial charge in [0.15, 0.2) is 0 Å². The molecule has 1 aliphatic rings. The Morgan fingerprint density at radius 3 is 3.00 bits per heavy atom. The standard InChI is InChI=1S/C9H13N5O2/c1-4-16-8(15)7-5-14-9(10-11-12-14)13(3)6(7)2/h4-5H2,1-3H3. The molecule has 0 radical (unpaired) electrons. The molecule has 0 saturated carbocycles. The van der Waals surface area contributed by atoms with Crippen molar-refractivity contribution in [1.82, 2.24) is 20.2 Å². The number of nitrogens with zero attached hydrogens (tertiary/aromatic N) is 5. The van der Waals surface area contributed by atoms with Crippen LogP contribution in [0.1, 0.15) is 13.8 Å². The quantitative estimate of drug-likeness (QED) is 0.655. The minimum atomic E-state index is -0.312. The SMILES string of the molecule is CCOC(=O)C1=C(C)N(C)c2nnnn2C1. The molecular formula is C9H13N5O2. The van der Waals surface area contributed by atoms with Crippen molar-refractivity contribution in [2.75, 3.05) is 18.6 Å². The lowest BCUT2D eigenvalue weighted by Crippen LogP contribution is -2.30. The number of esters is 1. The number of hydrogen-bond acceptors (Lipinski definition) is 6. The maximum Gasteiger partial charge on any atom is 0.337 e. The van der Waals surface area contributed by atoms with E-state index in [4.69, 9.17) is 4.74 Å². The monoisotopic (exact) mass is 223 g/mol. The molecule has 0 bridgehead atoms. The highest BCUT2D eigenvalue weighted by molar-refractivity contribution is 5.90. The van der Waals surface area contributed by atoms with Crippen molar-refractivity contribution < 1.29 is 9.53 Å². The summed E-state index contributed by atoms with van der Waals surface area (Å²) in [5, 5.41) is 11.2. The summed E-state index contributed by atoms with van der Waals surface area (Å²) < 4.78 is 6.55. The molecule has 16 heavy (non-hydrogen) atoms. The van der Waals surface area contributed by atoms with E-state index in [0.29, 0.717) is 24.7 Å². The number of aromatic nitrogens is 4. The Balaban J connectivity index is 2.33. The summed E-state index contributed by atoms with van der Waals surface area (Å²) in [6.45, 7) is 4.35. The van der Waals surface area contributed by atoms with Gasteiger partial charge in [0.2, 0.25) is 5.95 Å². The number of fused-ring (bicyclic) bond motifs is 1. The van der Waals surface area contributed by atoms with Crippen molar-refractivity contribution in [3.8, 4) is 0 Å². The van der Waals surface area contributed by atoms with Crippen molar-refractivity contribution >= 4 is 11.9 Å². The Morgan fingerprint density at radius 2 is 2.31 bits per heavy atom. The molecule has 0 amide bonds. The number of anilines is 1. The first-order valence-corrected chi connectivity index (χ1v) is 5.02. The summed E-state index contributed by atoms with van der Waals surface area (Å²) in [5.41, 5.74) is 1.41. The molecule has 1 aliphatic heterocycles. The fraction of sp³-hybridized carbons (Fsp3) is 0.556. The van der Waals surface area contributed by atoms with Crippen LogP contribution in [0.4, 0.5) is 5.95 Å². The zero-order valence-corrected chi connectivity index (χ0v) is 9.47. The minimum absolute atomic E-state index is 0.312. The molecule has 2 rings (SSSR count). The van der Waals surface area contributed by atoms with E-state index in [9.17, 15) is 4.79 Å². The van der Waals surface area contributed by atoms with Gasteiger partial charge < -0.3 is 9.64 Å². The molecule has 0 spiro atoms. The first kappa shape index (κ1) is 10.6. The topological polar surface area (TPSA) is 73.1 Å². The van der Waals surface area contributed by atoms with Crippen LogP contribution >= 0.6 is 0 Å². The first-order valence-electron chi connectivity index (χ1n) is 5.02. The summed E-state index contributed by atoms with van der Waals surface area (Å²) >= 11 is 0. The smallest absolute Gasteiger partial charge is 0.337 e. The van der Waals surface area contributed by atoms with Gasteiger partial charge in [-0.25, -0.2) is 9.48 Å². The molecule has 0 aliphatic carbocycles. The van der Waals surface area contributed by atoms with Gasteiger partial charge in [-0.05, 0) is 24.3 Å². The van der Waals surface area contributed by atoms with Gasteiger partial charge >= 0.3 is 5.97 Å². The molecule has 7 heteroatoms. The van der Waals surface area contributed by atoms with E-state index in [1.165, 1.54) is 0 Å². The Labute approximate surface area is 92.7 Å². The third kappa shape index (κ3) is 1.54. The molecule has 86 valence electrons. The Kier molecular flexibility index (Phi) is 2.59. The van der Waals surface area contributed by atoms with Crippen molar-refractivity contribution in [1.29, 1.82) is 0 Å². The van der Waals surface area contributed by atoms with Gasteiger partial charge in [-0.2, -0.15) is 0 Å². The summed E-state index contributed by atoms with van der Waals surface area (Å²) in [4.78, 5) is 13.5. The van der Waals surface area contributed by atoms with Crippen LogP contribution < -0.4 is 4.90 Å². The molecule has 0 fully saturated rings. The lowest BCUT2D eigenvalue weighted by Gasteiger charge is -2.25. The van der Waals surface area contributed by atoms with E-state index in [2.05, 4.69) is 15.5 Å². The molecule has 0 saturated heterocycles. The van der Waals surface area contributed by atoms with Crippen LogP contribution in [0.15, 0.2) is 11.3 Å². The van der Waals surface area contributed by atoms with Crippen molar-refractivity contribution in [3.63, 3.8) is 0 Å². The summed E-state index contributed by atoms with van der Waals surface area (Å²) in [6, 6.07) is 0. The van der Waals surface area contributed by atoms with E-state index in [1.54, 1.807) is 16.5 Å². The Bertz CT molecular complexity index is 451. The highest BCUT2D eigenvalue weighted by atomic mass is 16.5. The zero-order valence-electron chi connectivity index (χ0n) is 9.47. The molecular weight excluding hydrogens is 210 g/mol. The number of rotatable bonds is 2. The van der Waals surface area contributed by atoms with E-state index in [-0.39, 0.29) is 5.97 Å². The highest BCUT2D eigenvalue weighted by Gasteiger charge is 2.26. The van der Waals surface area contributed by atoms with Crippen LogP contribution in [-0.2, 0) is 16.1 Å². The van der Waals surface area contributed by atoms with Crippen LogP contribution in [0, 0.1) is 0 Å². The molecule has 7 nitrogen and oxygen atoms in total. The number of carbonyl (C=O) groups is 1. The number of allylic oxidation sites excluding steroid dienone is 1. The van der Waals surface area contributed by atoms with Crippen LogP contribution in [0.3, 0.4) is 0 Å². The number of tetrazole rings is 1. The Morgan fingerprint density at radius 1 is 1.56 bits per heavy atom. The van der Waals surface area contributed by atoms with Gasteiger partial charge in [0.05, 0.1) is 18.7 Å². The van der Waals surface area contributed by atoms with Crippen molar-refractivity contribution in [2.45, 2.75) is 20.4 Å². The molecule has 0 aromatic carbocycles. The van der Waals surface area contributed by atoms with Gasteiger partial charge in [0.1, 0.15) is 0 Å². The van der Waals surface area contributed by atoms with Crippen molar-refractivity contribution in [3.05, 3.63) is 11.3 Å². The lowest BCUT2D eigenvalue weighted by molar-refractivity contribution is -0.138. The van der Waals surface area contributed by atoms with E-state index >= 15 is 0 Å². The third-order valence-electron chi connectivity index (χ3n) is 2.58. The first-order chi connectivity index (χ1) is 7.65. The van der Waals surface area contributed by atoms with Gasteiger partial charge in [0, 0.05) is 12.7 Å². The predicted molar refractivity (Wildman–Crippen MR) is 55.6 cm³/mol. The fourth-order valence-electron chi connectivity index (χ4n) is 1.59. The zero-order chi connectivity index (χ0) is 11.7. The van der Waals surface area contributed by atoms with Crippen LogP contribution in [0.5, 0.6) is 0 Å². The van der Waals surface area contributed by atoms with Gasteiger partial charge in [0.25, 0.3) is 0 Å². The second kappa shape index (κ2) is 3.92. The average molecular weight is 223 g/mol. The number of carbonyl (C=O) groups excluding carboxylic acids is 1. The minimum Gasteiger partial charge on any atom is -0.463 e. The lowest BCUT2D eigenvalue weighted by atomic mass is 10.2. The third-order valence-corrected chi connectivity index (χ3v) is 2.58. The van der Waals surface area contributed by atoms with Crippen LogP contribution in [0.2, 0.25) is 0 Å². The van der Waals surface area contributed by atoms with Gasteiger partial charge in [-0.3, -0.25) is 0 Å². The van der Waals surface area contributed by atoms with Crippen LogP contribution in [0.25, 0.3) is 0 Å². The Hall–Kier alpha value is -1.92. The van der Waals surface area contributed by atoms with E-state index in [0.717, 1.165) is 5.70 Å². The molecule has 1 aromatic rings. The summed E-state index contributed by atoms with van der Waals surface area (Å²) in [7, 11) is 1.82. The predicted octanol–water partition coefficient (Wildman–Crippen LogP) is -0.0400. The van der Waals surface area contributed by atoms with E-state index < -0.39 is 0 Å². The van der Waals surface area contributed by atoms with Crippen molar-refractivity contribution in [2.24, 2.45) is 0 Å². The summed E-state index contributed by atoms with van der Waals surface area (Å²) in [6.07, 6.45) is 0. The molecule has 2 heterocycles. The van der Waals surface area contributed by atoms with E-state index in [1.807, 2.05) is 14.0 Å². The van der Waals surface area contributed by atoms with Gasteiger partial charge in [-0.1, -0.05) is 5.10 Å². The normalized spacial score (nSPS) is 15.1. The molecule has 0 unspecified atom stereocenters. The second-order valence-corrected chi connectivity index (χ2v) is 3.48. The average Bonchev–Trinajstić information content (AvgIpc) is 2.71. The van der Waals surface area contributed by atoms with Crippen LogP contribution in [-0.4, -0.2) is 39.8 Å². The van der Waals surface area contributed by atoms with Gasteiger partial charge in [-0.15, -0.1) is 0 Å². The highest BCUT2D eigenvalue weighted by Crippen LogP contribution is 2.23. The second-order valence-electron chi connectivity index (χ2n) is 3.48. The fourth-order valence-corrected chi connectivity index (χ4v) is 1.59. The largest absolute Gasteiger partial charge is 0.463 e. The number of hydrogen-bond donors (Lipinski definition) is 0. The molecule has 1 aromatic heterocycles. The maximum absolute atomic E-state index is 11.7. The maximum atomic E-state index is 11.7. The molecule has 0 atom stereocenters.